The van der Waals surface area contributed by atoms with E-state index in [-0.39, 0.29) is 6.04 Å². The normalized spacial score (nSPS) is 20.9. The van der Waals surface area contributed by atoms with E-state index in [9.17, 15) is 0 Å². The average molecular weight is 363 g/mol. The van der Waals surface area contributed by atoms with Crippen molar-refractivity contribution < 1.29 is 0 Å². The number of thiocarbonyl (C=S) groups is 1. The molecule has 0 aliphatic carbocycles. The first kappa shape index (κ1) is 18.2. The lowest BCUT2D eigenvalue weighted by Crippen LogP contribution is -2.36. The number of aromatic nitrogens is 2. The van der Waals surface area contributed by atoms with Crippen LogP contribution in [-0.4, -0.2) is 47.3 Å². The highest BCUT2D eigenvalue weighted by molar-refractivity contribution is 7.80. The van der Waals surface area contributed by atoms with Gasteiger partial charge in [0, 0.05) is 38.3 Å². The lowest BCUT2D eigenvalue weighted by molar-refractivity contribution is 0.444. The van der Waals surface area contributed by atoms with Gasteiger partial charge in [0.1, 0.15) is 11.6 Å². The molecule has 0 amide bonds. The van der Waals surface area contributed by atoms with E-state index >= 15 is 0 Å². The van der Waals surface area contributed by atoms with Crippen LogP contribution in [0.3, 0.4) is 0 Å². The smallest absolute Gasteiger partial charge is 0.232 e. The Kier molecular flexibility index (Phi) is 5.93. The summed E-state index contributed by atoms with van der Waals surface area (Å²) in [6.07, 6.45) is 4.99. The number of rotatable bonds is 4. The molecule has 3 heterocycles. The van der Waals surface area contributed by atoms with E-state index in [1.807, 2.05) is 0 Å². The van der Waals surface area contributed by atoms with E-state index in [4.69, 9.17) is 22.2 Å². The van der Waals surface area contributed by atoms with Crippen molar-refractivity contribution in [2.75, 3.05) is 41.3 Å². The summed E-state index contributed by atoms with van der Waals surface area (Å²) in [4.78, 5) is 14.2. The van der Waals surface area contributed by atoms with Crippen LogP contribution in [0.1, 0.15) is 46.5 Å². The Labute approximate surface area is 156 Å². The Morgan fingerprint density at radius 1 is 1.12 bits per heavy atom. The van der Waals surface area contributed by atoms with Crippen LogP contribution in [0.2, 0.25) is 0 Å². The van der Waals surface area contributed by atoms with Crippen LogP contribution in [0.4, 0.5) is 17.6 Å². The van der Waals surface area contributed by atoms with Gasteiger partial charge in [-0.2, -0.15) is 9.97 Å². The molecule has 0 radical (unpaired) electrons. The van der Waals surface area contributed by atoms with Gasteiger partial charge < -0.3 is 20.4 Å². The molecule has 2 saturated heterocycles. The molecule has 1 aromatic rings. The Morgan fingerprint density at radius 3 is 2.40 bits per heavy atom. The third-order valence-electron chi connectivity index (χ3n) is 4.76. The Morgan fingerprint density at radius 2 is 1.76 bits per heavy atom. The van der Waals surface area contributed by atoms with Crippen LogP contribution in [0.15, 0.2) is 6.07 Å². The van der Waals surface area contributed by atoms with Crippen molar-refractivity contribution in [2.45, 2.75) is 52.5 Å². The summed E-state index contributed by atoms with van der Waals surface area (Å²) in [6, 6.07) is 2.43. The zero-order valence-corrected chi connectivity index (χ0v) is 16.4. The number of hydrogen-bond acceptors (Lipinski definition) is 5. The zero-order chi connectivity index (χ0) is 17.8. The second kappa shape index (κ2) is 8.17. The van der Waals surface area contributed by atoms with E-state index in [1.165, 1.54) is 25.7 Å². The van der Waals surface area contributed by atoms with Gasteiger partial charge in [-0.3, -0.25) is 0 Å². The number of piperidine rings is 1. The first-order valence-corrected chi connectivity index (χ1v) is 9.88. The summed E-state index contributed by atoms with van der Waals surface area (Å²) in [5.41, 5.74) is 0. The molecule has 2 aliphatic rings. The first-order valence-electron chi connectivity index (χ1n) is 9.48. The predicted molar refractivity (Wildman–Crippen MR) is 109 cm³/mol. The molecule has 2 N–H and O–H groups in total. The Balaban J connectivity index is 1.84. The summed E-state index contributed by atoms with van der Waals surface area (Å²) in [7, 11) is 0. The van der Waals surface area contributed by atoms with Crippen LogP contribution < -0.4 is 20.4 Å². The van der Waals surface area contributed by atoms with E-state index in [0.29, 0.717) is 17.0 Å². The van der Waals surface area contributed by atoms with Gasteiger partial charge in [0.25, 0.3) is 0 Å². The Hall–Kier alpha value is -1.63. The summed E-state index contributed by atoms with van der Waals surface area (Å²) in [5.74, 6) is 3.32. The van der Waals surface area contributed by atoms with Crippen LogP contribution in [-0.2, 0) is 0 Å². The summed E-state index contributed by atoms with van der Waals surface area (Å²) < 4.78 is 0. The molecular formula is C18H30N6S. The lowest BCUT2D eigenvalue weighted by Gasteiger charge is -2.32. The van der Waals surface area contributed by atoms with Crippen LogP contribution in [0.5, 0.6) is 0 Å². The monoisotopic (exact) mass is 362 g/mol. The van der Waals surface area contributed by atoms with Gasteiger partial charge in [-0.05, 0) is 57.7 Å². The van der Waals surface area contributed by atoms with E-state index in [2.05, 4.69) is 47.3 Å². The fourth-order valence-corrected chi connectivity index (χ4v) is 3.87. The largest absolute Gasteiger partial charge is 0.360 e. The van der Waals surface area contributed by atoms with Gasteiger partial charge in [0.2, 0.25) is 5.95 Å². The quantitative estimate of drug-likeness (QED) is 0.799. The molecule has 2 fully saturated rings. The first-order chi connectivity index (χ1) is 12.0. The fraction of sp³-hybridized carbons (Fsp3) is 0.722. The highest BCUT2D eigenvalue weighted by Gasteiger charge is 2.22. The molecule has 3 rings (SSSR count). The fourth-order valence-electron chi connectivity index (χ4n) is 3.55. The van der Waals surface area contributed by atoms with E-state index in [0.717, 1.165) is 37.8 Å². The topological polar surface area (TPSA) is 56.3 Å². The molecule has 0 unspecified atom stereocenters. The number of hydrogen-bond donors (Lipinski definition) is 2. The zero-order valence-electron chi connectivity index (χ0n) is 15.6. The van der Waals surface area contributed by atoms with Gasteiger partial charge in [-0.15, -0.1) is 0 Å². The minimum absolute atomic E-state index is 0.282. The maximum atomic E-state index is 5.38. The van der Waals surface area contributed by atoms with E-state index < -0.39 is 0 Å². The van der Waals surface area contributed by atoms with Crippen molar-refractivity contribution in [3.8, 4) is 0 Å². The van der Waals surface area contributed by atoms with Gasteiger partial charge in [0.15, 0.2) is 5.11 Å². The second-order valence-electron chi connectivity index (χ2n) is 7.55. The van der Waals surface area contributed by atoms with Crippen molar-refractivity contribution in [2.24, 2.45) is 5.92 Å². The third kappa shape index (κ3) is 4.93. The van der Waals surface area contributed by atoms with Crippen molar-refractivity contribution in [3.05, 3.63) is 6.07 Å². The van der Waals surface area contributed by atoms with Crippen molar-refractivity contribution in [1.29, 1.82) is 0 Å². The molecule has 138 valence electrons. The molecule has 25 heavy (non-hydrogen) atoms. The van der Waals surface area contributed by atoms with Crippen molar-refractivity contribution in [3.63, 3.8) is 0 Å². The third-order valence-corrected chi connectivity index (χ3v) is 4.98. The highest BCUT2D eigenvalue weighted by Crippen LogP contribution is 2.27. The Bertz CT molecular complexity index is 599. The van der Waals surface area contributed by atoms with E-state index in [1.54, 1.807) is 0 Å². The molecule has 6 nitrogen and oxygen atoms in total. The molecular weight excluding hydrogens is 332 g/mol. The summed E-state index contributed by atoms with van der Waals surface area (Å²) in [6.45, 7) is 10.7. The molecule has 0 spiro atoms. The van der Waals surface area contributed by atoms with Crippen LogP contribution in [0, 0.1) is 5.92 Å². The molecule has 1 aromatic heterocycles. The molecule has 7 heteroatoms. The van der Waals surface area contributed by atoms with Gasteiger partial charge >= 0.3 is 0 Å². The highest BCUT2D eigenvalue weighted by atomic mass is 32.1. The van der Waals surface area contributed by atoms with Crippen molar-refractivity contribution in [1.82, 2.24) is 15.3 Å². The molecule has 0 aromatic carbocycles. The van der Waals surface area contributed by atoms with Crippen LogP contribution in [0.25, 0.3) is 0 Å². The van der Waals surface area contributed by atoms with Gasteiger partial charge in [0.05, 0.1) is 0 Å². The molecule has 2 aliphatic heterocycles. The summed E-state index contributed by atoms with van der Waals surface area (Å²) >= 11 is 5.38. The predicted octanol–water partition coefficient (Wildman–Crippen LogP) is 3.01. The molecule has 0 saturated carbocycles. The standard InChI is InChI=1S/C18H30N6S/c1-13(2)19-18(25)22-17-20-15(23-8-4-5-9-23)11-16(21-17)24-10-6-7-14(3)12-24/h11,13-14H,4-10,12H2,1-3H3,(H2,19,20,21,22,25)/t14-/m1/s1. The maximum absolute atomic E-state index is 5.38. The maximum Gasteiger partial charge on any atom is 0.232 e. The van der Waals surface area contributed by atoms with Gasteiger partial charge in [-0.25, -0.2) is 0 Å². The number of nitrogens with zero attached hydrogens (tertiary/aromatic N) is 4. The molecule has 1 atom stereocenters. The minimum atomic E-state index is 0.282. The van der Waals surface area contributed by atoms with Crippen LogP contribution >= 0.6 is 12.2 Å². The second-order valence-corrected chi connectivity index (χ2v) is 7.96. The minimum Gasteiger partial charge on any atom is -0.360 e. The SMILES string of the molecule is CC(C)NC(=S)Nc1nc(N2CCCC2)cc(N2CCC[C@@H](C)C2)n1. The number of anilines is 3. The number of nitrogens with one attached hydrogen (secondary N) is 2. The lowest BCUT2D eigenvalue weighted by atomic mass is 10.0. The van der Waals surface area contributed by atoms with Crippen molar-refractivity contribution >= 4 is 34.9 Å². The molecule has 0 bridgehead atoms. The average Bonchev–Trinajstić information content (AvgIpc) is 3.08. The van der Waals surface area contributed by atoms with Gasteiger partial charge in [-0.1, -0.05) is 6.92 Å². The summed E-state index contributed by atoms with van der Waals surface area (Å²) in [5, 5.41) is 6.95.